The molecular formula is C23H19F6N3O3S. The van der Waals surface area contributed by atoms with E-state index in [9.17, 15) is 31.1 Å². The fourth-order valence-electron chi connectivity index (χ4n) is 2.84. The first-order valence-corrected chi connectivity index (χ1v) is 11.2. The van der Waals surface area contributed by atoms with Gasteiger partial charge in [-0.05, 0) is 61.5 Å². The topological polar surface area (TPSA) is 72.5 Å². The summed E-state index contributed by atoms with van der Waals surface area (Å²) in [6.07, 6.45) is -7.86. The third kappa shape index (κ3) is 8.87. The molecule has 1 heterocycles. The molecule has 192 valence electrons. The van der Waals surface area contributed by atoms with Crippen molar-refractivity contribution in [3.8, 4) is 11.5 Å². The van der Waals surface area contributed by atoms with Gasteiger partial charge in [0.15, 0.2) is 6.61 Å². The second-order valence-corrected chi connectivity index (χ2v) is 8.30. The number of alkyl halides is 6. The number of nitrogens with one attached hydrogen (secondary N) is 2. The number of thioether (sulfide) groups is 1. The molecule has 0 aliphatic carbocycles. The van der Waals surface area contributed by atoms with Gasteiger partial charge in [-0.15, -0.1) is 24.9 Å². The number of hydrogen-bond donors (Lipinski definition) is 2. The predicted octanol–water partition coefficient (Wildman–Crippen LogP) is 7.17. The molecule has 0 bridgehead atoms. The molecule has 0 aliphatic heterocycles. The summed E-state index contributed by atoms with van der Waals surface area (Å²) in [5, 5.41) is 5.09. The summed E-state index contributed by atoms with van der Waals surface area (Å²) in [7, 11) is 0. The molecular weight excluding hydrogens is 512 g/mol. The van der Waals surface area contributed by atoms with Gasteiger partial charge < -0.3 is 20.1 Å². The number of carbonyl (C=O) groups is 1. The maximum atomic E-state index is 12.4. The van der Waals surface area contributed by atoms with Gasteiger partial charge in [0, 0.05) is 33.8 Å². The van der Waals surface area contributed by atoms with E-state index >= 15 is 0 Å². The van der Waals surface area contributed by atoms with Gasteiger partial charge in [-0.2, -0.15) is 13.2 Å². The molecule has 2 amide bonds. The van der Waals surface area contributed by atoms with Crippen molar-refractivity contribution in [1.29, 1.82) is 0 Å². The molecule has 0 aliphatic rings. The number of amides is 2. The Morgan fingerprint density at radius 3 is 2.06 bits per heavy atom. The van der Waals surface area contributed by atoms with E-state index in [0.717, 1.165) is 17.0 Å². The van der Waals surface area contributed by atoms with Crippen LogP contribution >= 0.6 is 11.8 Å². The third-order valence-electron chi connectivity index (χ3n) is 4.48. The Morgan fingerprint density at radius 1 is 0.917 bits per heavy atom. The number of benzene rings is 2. The van der Waals surface area contributed by atoms with Crippen LogP contribution in [0.25, 0.3) is 0 Å². The van der Waals surface area contributed by atoms with Gasteiger partial charge in [-0.25, -0.2) is 4.79 Å². The Hall–Kier alpha value is -3.61. The molecule has 6 nitrogen and oxygen atoms in total. The van der Waals surface area contributed by atoms with E-state index in [1.54, 1.807) is 31.2 Å². The van der Waals surface area contributed by atoms with Crippen LogP contribution in [0.1, 0.15) is 11.3 Å². The van der Waals surface area contributed by atoms with Crippen LogP contribution in [0.3, 0.4) is 0 Å². The number of pyridine rings is 1. The second-order valence-electron chi connectivity index (χ2n) is 7.25. The molecule has 0 saturated carbocycles. The van der Waals surface area contributed by atoms with Crippen molar-refractivity contribution in [2.24, 2.45) is 0 Å². The monoisotopic (exact) mass is 531 g/mol. The summed E-state index contributed by atoms with van der Waals surface area (Å²) in [5.41, 5.74) is 1.82. The van der Waals surface area contributed by atoms with Crippen LogP contribution in [0.2, 0.25) is 0 Å². The minimum atomic E-state index is -4.80. The zero-order valence-electron chi connectivity index (χ0n) is 18.5. The van der Waals surface area contributed by atoms with Gasteiger partial charge >= 0.3 is 18.6 Å². The minimum absolute atomic E-state index is 0.117. The number of ether oxygens (including phenoxy) is 2. The molecule has 0 radical (unpaired) electrons. The summed E-state index contributed by atoms with van der Waals surface area (Å²) >= 11 is 1.39. The molecule has 0 spiro atoms. The Bertz CT molecular complexity index is 1170. The zero-order chi connectivity index (χ0) is 26.3. The van der Waals surface area contributed by atoms with Gasteiger partial charge in [-0.1, -0.05) is 0 Å². The first-order valence-electron chi connectivity index (χ1n) is 10.2. The molecule has 0 unspecified atom stereocenters. The average Bonchev–Trinajstić information content (AvgIpc) is 2.78. The van der Waals surface area contributed by atoms with Crippen LogP contribution in [0.15, 0.2) is 65.7 Å². The first-order chi connectivity index (χ1) is 16.9. The summed E-state index contributed by atoms with van der Waals surface area (Å²) in [4.78, 5) is 17.2. The molecule has 2 N–H and O–H groups in total. The van der Waals surface area contributed by atoms with Gasteiger partial charge in [-0.3, -0.25) is 4.98 Å². The van der Waals surface area contributed by atoms with E-state index < -0.39 is 30.9 Å². The summed E-state index contributed by atoms with van der Waals surface area (Å²) in [6, 6.07) is 12.2. The second kappa shape index (κ2) is 11.4. The normalized spacial score (nSPS) is 11.6. The van der Waals surface area contributed by atoms with E-state index in [1.807, 2.05) is 0 Å². The average molecular weight is 531 g/mol. The minimum Gasteiger partial charge on any atom is -0.484 e. The van der Waals surface area contributed by atoms with Crippen LogP contribution in [0.4, 0.5) is 42.5 Å². The van der Waals surface area contributed by atoms with Crippen molar-refractivity contribution in [3.63, 3.8) is 0 Å². The van der Waals surface area contributed by atoms with E-state index in [1.165, 1.54) is 36.2 Å². The Morgan fingerprint density at radius 2 is 1.50 bits per heavy atom. The number of aromatic nitrogens is 1. The van der Waals surface area contributed by atoms with E-state index in [-0.39, 0.29) is 11.4 Å². The number of halogens is 6. The largest absolute Gasteiger partial charge is 0.573 e. The first kappa shape index (κ1) is 27.0. The Balaban J connectivity index is 1.51. The van der Waals surface area contributed by atoms with Gasteiger partial charge in [0.25, 0.3) is 0 Å². The number of hydrogen-bond acceptors (Lipinski definition) is 5. The SMILES string of the molecule is Cc1c(OCC(F)(F)F)ccnc1CSc1ccc(NC(=O)Nc2ccc(OC(F)(F)F)cc2)cc1. The molecule has 0 saturated heterocycles. The smallest absolute Gasteiger partial charge is 0.484 e. The highest BCUT2D eigenvalue weighted by Crippen LogP contribution is 2.29. The quantitative estimate of drug-likeness (QED) is 0.238. The number of rotatable bonds is 8. The standard InChI is InChI=1S/C23H19F6N3O3S/c1-14-19(30-11-10-20(14)34-13-22(24,25)26)12-36-18-8-4-16(5-9-18)32-21(33)31-15-2-6-17(7-3-15)35-23(27,28)29/h2-11H,12-13H2,1H3,(H2,31,32,33). The number of nitrogens with zero attached hydrogens (tertiary/aromatic N) is 1. The van der Waals surface area contributed by atoms with Crippen LogP contribution in [0.5, 0.6) is 11.5 Å². The van der Waals surface area contributed by atoms with Crippen molar-refractivity contribution in [1.82, 2.24) is 4.98 Å². The van der Waals surface area contributed by atoms with Crippen LogP contribution in [0, 0.1) is 6.92 Å². The summed E-state index contributed by atoms with van der Waals surface area (Å²) in [6.45, 7) is 0.251. The maximum absolute atomic E-state index is 12.4. The lowest BCUT2D eigenvalue weighted by Gasteiger charge is -2.13. The zero-order valence-corrected chi connectivity index (χ0v) is 19.4. The van der Waals surface area contributed by atoms with Crippen molar-refractivity contribution in [2.45, 2.75) is 30.1 Å². The van der Waals surface area contributed by atoms with Crippen LogP contribution in [-0.2, 0) is 5.75 Å². The van der Waals surface area contributed by atoms with Crippen LogP contribution in [-0.4, -0.2) is 30.2 Å². The van der Waals surface area contributed by atoms with Gasteiger partial charge in [0.05, 0.1) is 5.69 Å². The van der Waals surface area contributed by atoms with Crippen LogP contribution < -0.4 is 20.1 Å². The van der Waals surface area contributed by atoms with Crippen molar-refractivity contribution >= 4 is 29.2 Å². The van der Waals surface area contributed by atoms with E-state index in [4.69, 9.17) is 4.74 Å². The number of urea groups is 1. The Labute approximate surface area is 206 Å². The Kier molecular flexibility index (Phi) is 8.56. The highest BCUT2D eigenvalue weighted by atomic mass is 32.2. The van der Waals surface area contributed by atoms with Crippen molar-refractivity contribution in [2.75, 3.05) is 17.2 Å². The van der Waals surface area contributed by atoms with E-state index in [2.05, 4.69) is 20.4 Å². The predicted molar refractivity (Wildman–Crippen MR) is 122 cm³/mol. The third-order valence-corrected chi connectivity index (χ3v) is 5.51. The molecule has 3 rings (SSSR count). The van der Waals surface area contributed by atoms with Gasteiger partial charge in [0.1, 0.15) is 11.5 Å². The lowest BCUT2D eigenvalue weighted by molar-refractivity contribution is -0.274. The molecule has 1 aromatic heterocycles. The fourth-order valence-corrected chi connectivity index (χ4v) is 3.76. The number of anilines is 2. The molecule has 36 heavy (non-hydrogen) atoms. The fraction of sp³-hybridized carbons (Fsp3) is 0.217. The number of carbonyl (C=O) groups excluding carboxylic acids is 1. The molecule has 0 fully saturated rings. The van der Waals surface area contributed by atoms with Crippen molar-refractivity contribution in [3.05, 3.63) is 72.1 Å². The van der Waals surface area contributed by atoms with Gasteiger partial charge in [0.2, 0.25) is 0 Å². The lowest BCUT2D eigenvalue weighted by atomic mass is 10.2. The maximum Gasteiger partial charge on any atom is 0.573 e. The molecule has 3 aromatic rings. The van der Waals surface area contributed by atoms with E-state index in [0.29, 0.717) is 22.7 Å². The molecule has 0 atom stereocenters. The molecule has 13 heteroatoms. The van der Waals surface area contributed by atoms with Crippen molar-refractivity contribution < 1.29 is 40.6 Å². The highest BCUT2D eigenvalue weighted by molar-refractivity contribution is 7.98. The molecule has 2 aromatic carbocycles. The summed E-state index contributed by atoms with van der Waals surface area (Å²) in [5.74, 6) is 0.0922. The summed E-state index contributed by atoms with van der Waals surface area (Å²) < 4.78 is 82.5. The lowest BCUT2D eigenvalue weighted by Crippen LogP contribution is -2.19. The highest BCUT2D eigenvalue weighted by Gasteiger charge is 2.31.